The van der Waals surface area contributed by atoms with E-state index in [1.54, 1.807) is 11.3 Å². The van der Waals surface area contributed by atoms with E-state index >= 15 is 0 Å². The number of aromatic nitrogens is 1. The number of carbonyl (C=O) groups is 1. The number of likely N-dealkylation sites (tertiary alicyclic amines) is 1. The fourth-order valence-corrected chi connectivity index (χ4v) is 5.26. The van der Waals surface area contributed by atoms with Crippen molar-refractivity contribution in [3.63, 3.8) is 0 Å². The second kappa shape index (κ2) is 5.80. The topological polar surface area (TPSA) is 90.8 Å². The Morgan fingerprint density at radius 1 is 1.48 bits per heavy atom. The van der Waals surface area contributed by atoms with Gasteiger partial charge in [-0.05, 0) is 6.42 Å². The number of rotatable bonds is 5. The third kappa shape index (κ3) is 3.02. The molecule has 7 nitrogen and oxygen atoms in total. The first kappa shape index (κ1) is 16.8. The van der Waals surface area contributed by atoms with Gasteiger partial charge in [-0.25, -0.2) is 17.7 Å². The largest absolute Gasteiger partial charge is 0.481 e. The fourth-order valence-electron chi connectivity index (χ4n) is 3.61. The molecule has 0 radical (unpaired) electrons. The Labute approximate surface area is 140 Å². The molecule has 9 heteroatoms. The molecule has 23 heavy (non-hydrogen) atoms. The van der Waals surface area contributed by atoms with Gasteiger partial charge in [0.15, 0.2) is 0 Å². The van der Waals surface area contributed by atoms with Crippen molar-refractivity contribution in [2.45, 2.75) is 19.9 Å². The first-order chi connectivity index (χ1) is 10.7. The van der Waals surface area contributed by atoms with Crippen molar-refractivity contribution >= 4 is 27.3 Å². The van der Waals surface area contributed by atoms with Crippen molar-refractivity contribution in [3.05, 3.63) is 16.1 Å². The Morgan fingerprint density at radius 3 is 2.74 bits per heavy atom. The van der Waals surface area contributed by atoms with Crippen molar-refractivity contribution in [1.82, 2.24) is 14.2 Å². The predicted molar refractivity (Wildman–Crippen MR) is 86.7 cm³/mol. The second-order valence-corrected chi connectivity index (χ2v) is 9.39. The molecule has 0 unspecified atom stereocenters. The maximum atomic E-state index is 11.9. The lowest BCUT2D eigenvalue weighted by Gasteiger charge is -2.24. The molecule has 2 saturated heterocycles. The number of aryl methyl sites for hydroxylation is 1. The lowest BCUT2D eigenvalue weighted by Crippen LogP contribution is -2.41. The van der Waals surface area contributed by atoms with Gasteiger partial charge in [-0.1, -0.05) is 6.92 Å². The van der Waals surface area contributed by atoms with Crippen molar-refractivity contribution in [2.24, 2.45) is 11.3 Å². The molecular formula is C14H21N3O4S2. The molecule has 2 aliphatic heterocycles. The molecule has 1 aromatic rings. The summed E-state index contributed by atoms with van der Waals surface area (Å²) in [6, 6.07) is 0. The lowest BCUT2D eigenvalue weighted by atomic mass is 9.81. The number of hydrogen-bond acceptors (Lipinski definition) is 6. The lowest BCUT2D eigenvalue weighted by molar-refractivity contribution is -0.148. The number of hydrogen-bond donors (Lipinski definition) is 1. The first-order valence-electron chi connectivity index (χ1n) is 7.59. The third-order valence-corrected chi connectivity index (χ3v) is 7.09. The standard InChI is InChI=1S/C14H21N3O4S2/c1-3-12-15-11(7-22-12)6-16-4-10-5-17(23(2,20)21)9-14(10,8-16)13(18)19/h7,10H,3-6,8-9H2,1-2H3,(H,18,19)/t10-,14-/m1/s1. The molecule has 3 heterocycles. The number of carboxylic acids is 1. The zero-order valence-electron chi connectivity index (χ0n) is 13.2. The van der Waals surface area contributed by atoms with Gasteiger partial charge in [0, 0.05) is 44.0 Å². The molecule has 0 saturated carbocycles. The summed E-state index contributed by atoms with van der Waals surface area (Å²) in [6.45, 7) is 4.01. The van der Waals surface area contributed by atoms with E-state index in [0.717, 1.165) is 23.4 Å². The van der Waals surface area contributed by atoms with E-state index in [4.69, 9.17) is 0 Å². The Hall–Kier alpha value is -1.03. The number of fused-ring (bicyclic) bond motifs is 1. The van der Waals surface area contributed by atoms with Crippen LogP contribution >= 0.6 is 11.3 Å². The Balaban J connectivity index is 1.75. The van der Waals surface area contributed by atoms with Crippen molar-refractivity contribution in [3.8, 4) is 0 Å². The molecule has 0 bridgehead atoms. The van der Waals surface area contributed by atoms with Crippen LogP contribution in [0.5, 0.6) is 0 Å². The van der Waals surface area contributed by atoms with E-state index in [1.807, 2.05) is 5.38 Å². The van der Waals surface area contributed by atoms with E-state index in [1.165, 1.54) is 4.31 Å². The Morgan fingerprint density at radius 2 is 2.22 bits per heavy atom. The number of aliphatic carboxylic acids is 1. The molecule has 2 aliphatic rings. The third-order valence-electron chi connectivity index (χ3n) is 4.83. The average Bonchev–Trinajstić information content (AvgIpc) is 3.10. The number of thiazole rings is 1. The molecule has 1 N–H and O–H groups in total. The minimum absolute atomic E-state index is 0.0691. The van der Waals surface area contributed by atoms with Crippen LogP contribution in [0.15, 0.2) is 5.38 Å². The van der Waals surface area contributed by atoms with Crippen LogP contribution in [-0.2, 0) is 27.8 Å². The molecule has 3 rings (SSSR count). The van der Waals surface area contributed by atoms with Gasteiger partial charge < -0.3 is 5.11 Å². The van der Waals surface area contributed by atoms with E-state index < -0.39 is 21.4 Å². The number of nitrogens with zero attached hydrogens (tertiary/aromatic N) is 3. The first-order valence-corrected chi connectivity index (χ1v) is 10.3. The van der Waals surface area contributed by atoms with Gasteiger partial charge in [0.05, 0.1) is 22.4 Å². The van der Waals surface area contributed by atoms with Crippen LogP contribution < -0.4 is 0 Å². The number of sulfonamides is 1. The van der Waals surface area contributed by atoms with E-state index in [-0.39, 0.29) is 12.5 Å². The van der Waals surface area contributed by atoms with Crippen LogP contribution in [0.2, 0.25) is 0 Å². The zero-order valence-corrected chi connectivity index (χ0v) is 14.9. The molecule has 2 atom stereocenters. The summed E-state index contributed by atoms with van der Waals surface area (Å²) in [5.41, 5.74) is -0.0282. The summed E-state index contributed by atoms with van der Waals surface area (Å²) < 4.78 is 24.8. The zero-order chi connectivity index (χ0) is 16.8. The molecular weight excluding hydrogens is 338 g/mol. The average molecular weight is 359 g/mol. The van der Waals surface area contributed by atoms with Gasteiger partial charge in [0.25, 0.3) is 0 Å². The Kier molecular flexibility index (Phi) is 4.24. The van der Waals surface area contributed by atoms with E-state index in [0.29, 0.717) is 26.2 Å². The molecule has 2 fully saturated rings. The van der Waals surface area contributed by atoms with Crippen molar-refractivity contribution < 1.29 is 18.3 Å². The Bertz CT molecular complexity index is 717. The SMILES string of the molecule is CCc1nc(CN2C[C@@H]3CN(S(C)(=O)=O)C[C@]3(C(=O)O)C2)cs1. The van der Waals surface area contributed by atoms with Gasteiger partial charge in [0.1, 0.15) is 0 Å². The van der Waals surface area contributed by atoms with Gasteiger partial charge in [0.2, 0.25) is 10.0 Å². The molecule has 1 aromatic heterocycles. The maximum absolute atomic E-state index is 11.9. The molecule has 0 amide bonds. The normalized spacial score (nSPS) is 29.0. The highest BCUT2D eigenvalue weighted by Crippen LogP contribution is 2.44. The summed E-state index contributed by atoms with van der Waals surface area (Å²) in [5.74, 6) is -1.07. The van der Waals surface area contributed by atoms with Crippen molar-refractivity contribution in [2.75, 3.05) is 32.4 Å². The van der Waals surface area contributed by atoms with Crippen LogP contribution in [-0.4, -0.2) is 66.1 Å². The van der Waals surface area contributed by atoms with Crippen LogP contribution in [0.1, 0.15) is 17.6 Å². The van der Waals surface area contributed by atoms with Crippen LogP contribution in [0.25, 0.3) is 0 Å². The predicted octanol–water partition coefficient (Wildman–Crippen LogP) is 0.484. The fraction of sp³-hybridized carbons (Fsp3) is 0.714. The quantitative estimate of drug-likeness (QED) is 0.822. The van der Waals surface area contributed by atoms with Crippen molar-refractivity contribution in [1.29, 1.82) is 0 Å². The van der Waals surface area contributed by atoms with Crippen LogP contribution in [0, 0.1) is 11.3 Å². The monoisotopic (exact) mass is 359 g/mol. The van der Waals surface area contributed by atoms with Gasteiger partial charge >= 0.3 is 5.97 Å². The molecule has 128 valence electrons. The van der Waals surface area contributed by atoms with Gasteiger partial charge in [-0.15, -0.1) is 11.3 Å². The van der Waals surface area contributed by atoms with Crippen LogP contribution in [0.3, 0.4) is 0 Å². The molecule has 0 aliphatic carbocycles. The summed E-state index contributed by atoms with van der Waals surface area (Å²) in [6.07, 6.45) is 2.04. The highest BCUT2D eigenvalue weighted by molar-refractivity contribution is 7.88. The highest BCUT2D eigenvalue weighted by atomic mass is 32.2. The smallest absolute Gasteiger partial charge is 0.312 e. The minimum atomic E-state index is -3.35. The van der Waals surface area contributed by atoms with Gasteiger partial charge in [-0.3, -0.25) is 9.69 Å². The summed E-state index contributed by atoms with van der Waals surface area (Å²) in [7, 11) is -3.35. The van der Waals surface area contributed by atoms with E-state index in [9.17, 15) is 18.3 Å². The van der Waals surface area contributed by atoms with Crippen LogP contribution in [0.4, 0.5) is 0 Å². The summed E-state index contributed by atoms with van der Waals surface area (Å²) in [4.78, 5) is 18.5. The summed E-state index contributed by atoms with van der Waals surface area (Å²) >= 11 is 1.62. The molecule has 0 spiro atoms. The molecule has 0 aromatic carbocycles. The summed E-state index contributed by atoms with van der Waals surface area (Å²) in [5, 5.41) is 12.8. The number of carboxylic acid groups (broad SMARTS) is 1. The minimum Gasteiger partial charge on any atom is -0.481 e. The highest BCUT2D eigenvalue weighted by Gasteiger charge is 2.59. The van der Waals surface area contributed by atoms with E-state index in [2.05, 4.69) is 16.8 Å². The van der Waals surface area contributed by atoms with Gasteiger partial charge in [-0.2, -0.15) is 0 Å². The maximum Gasteiger partial charge on any atom is 0.312 e. The second-order valence-electron chi connectivity index (χ2n) is 6.47.